The number of hydrogen-bond donors (Lipinski definition) is 1. The van der Waals surface area contributed by atoms with E-state index in [1.807, 2.05) is 55.5 Å². The van der Waals surface area contributed by atoms with Gasteiger partial charge in [-0.25, -0.2) is 0 Å². The maximum Gasteiger partial charge on any atom is 0.298 e. The fourth-order valence-corrected chi connectivity index (χ4v) is 3.35. The number of oxazole rings is 1. The van der Waals surface area contributed by atoms with Crippen molar-refractivity contribution >= 4 is 23.0 Å². The van der Waals surface area contributed by atoms with Crippen LogP contribution in [-0.2, 0) is 4.79 Å². The van der Waals surface area contributed by atoms with Crippen molar-refractivity contribution in [3.63, 3.8) is 0 Å². The Balaban J connectivity index is 1.31. The largest absolute Gasteiger partial charge is 0.484 e. The molecule has 1 saturated heterocycles. The maximum atomic E-state index is 12.1. The van der Waals surface area contributed by atoms with Gasteiger partial charge in [0.05, 0.1) is 6.04 Å². The first kappa shape index (κ1) is 17.4. The molecule has 1 aliphatic rings. The molecule has 0 saturated carbocycles. The highest BCUT2D eigenvalue weighted by Crippen LogP contribution is 2.27. The Labute approximate surface area is 158 Å². The van der Waals surface area contributed by atoms with E-state index in [9.17, 15) is 4.79 Å². The van der Waals surface area contributed by atoms with E-state index in [0.717, 1.165) is 36.0 Å². The molecule has 0 aliphatic carbocycles. The lowest BCUT2D eigenvalue weighted by molar-refractivity contribution is -0.123. The fourth-order valence-electron chi connectivity index (χ4n) is 3.35. The normalized spacial score (nSPS) is 16.6. The summed E-state index contributed by atoms with van der Waals surface area (Å²) in [5, 5.41) is 2.96. The van der Waals surface area contributed by atoms with Gasteiger partial charge in [0.25, 0.3) is 11.9 Å². The molecule has 27 heavy (non-hydrogen) atoms. The Morgan fingerprint density at radius 3 is 2.89 bits per heavy atom. The van der Waals surface area contributed by atoms with Crippen molar-refractivity contribution in [3.05, 3.63) is 54.1 Å². The number of carbonyl (C=O) groups excluding carboxylic acids is 1. The summed E-state index contributed by atoms with van der Waals surface area (Å²) < 4.78 is 11.4. The number of nitrogens with zero attached hydrogens (tertiary/aromatic N) is 2. The number of rotatable bonds is 6. The molecule has 140 valence electrons. The molecule has 6 heteroatoms. The van der Waals surface area contributed by atoms with Crippen LogP contribution in [-0.4, -0.2) is 36.6 Å². The second-order valence-corrected chi connectivity index (χ2v) is 6.86. The van der Waals surface area contributed by atoms with Crippen molar-refractivity contribution < 1.29 is 13.9 Å². The predicted molar refractivity (Wildman–Crippen MR) is 104 cm³/mol. The number of para-hydroxylation sites is 2. The molecule has 3 aromatic rings. The quantitative estimate of drug-likeness (QED) is 0.726. The number of ether oxygens (including phenoxy) is 1. The third-order valence-electron chi connectivity index (χ3n) is 4.83. The lowest BCUT2D eigenvalue weighted by atomic mass is 10.2. The third-order valence-corrected chi connectivity index (χ3v) is 4.83. The molecule has 6 nitrogen and oxygen atoms in total. The Hall–Kier alpha value is -3.02. The molecule has 2 aromatic carbocycles. The van der Waals surface area contributed by atoms with Gasteiger partial charge in [-0.15, -0.1) is 0 Å². The molecule has 1 fully saturated rings. The minimum absolute atomic E-state index is 0.0126. The standard InChI is InChI=1S/C21H23N3O3/c1-15-8-10-17(11-9-15)26-14-20(25)22-13-16-5-4-12-24(16)21-23-18-6-2-3-7-19(18)27-21/h2-3,6-11,16H,4-5,12-14H2,1H3,(H,22,25). The second-order valence-electron chi connectivity index (χ2n) is 6.86. The number of aromatic nitrogens is 1. The molecule has 2 heterocycles. The summed E-state index contributed by atoms with van der Waals surface area (Å²) in [6.07, 6.45) is 2.05. The van der Waals surface area contributed by atoms with Gasteiger partial charge in [0.2, 0.25) is 0 Å². The highest BCUT2D eigenvalue weighted by Gasteiger charge is 2.28. The monoisotopic (exact) mass is 365 g/mol. The van der Waals surface area contributed by atoms with E-state index >= 15 is 0 Å². The predicted octanol–water partition coefficient (Wildman–Crippen LogP) is 3.30. The Bertz CT molecular complexity index is 887. The molecule has 1 aliphatic heterocycles. The van der Waals surface area contributed by atoms with Crippen molar-refractivity contribution in [3.8, 4) is 5.75 Å². The first-order chi connectivity index (χ1) is 13.2. The van der Waals surface area contributed by atoms with E-state index in [1.165, 1.54) is 0 Å². The minimum Gasteiger partial charge on any atom is -0.484 e. The van der Waals surface area contributed by atoms with Gasteiger partial charge in [-0.3, -0.25) is 4.79 Å². The van der Waals surface area contributed by atoms with E-state index < -0.39 is 0 Å². The second kappa shape index (κ2) is 7.70. The Morgan fingerprint density at radius 1 is 1.26 bits per heavy atom. The molecule has 1 amide bonds. The first-order valence-corrected chi connectivity index (χ1v) is 9.27. The van der Waals surface area contributed by atoms with E-state index in [0.29, 0.717) is 18.3 Å². The molecule has 1 unspecified atom stereocenters. The van der Waals surface area contributed by atoms with Crippen LogP contribution in [0.3, 0.4) is 0 Å². The minimum atomic E-state index is -0.125. The third kappa shape index (κ3) is 4.05. The van der Waals surface area contributed by atoms with Gasteiger partial charge in [-0.2, -0.15) is 4.98 Å². The van der Waals surface area contributed by atoms with Crippen molar-refractivity contribution in [2.75, 3.05) is 24.6 Å². The van der Waals surface area contributed by atoms with Crippen LogP contribution in [0.5, 0.6) is 5.75 Å². The van der Waals surface area contributed by atoms with Gasteiger partial charge >= 0.3 is 0 Å². The average Bonchev–Trinajstić information content (AvgIpc) is 3.32. The number of hydrogen-bond acceptors (Lipinski definition) is 5. The molecule has 4 rings (SSSR count). The first-order valence-electron chi connectivity index (χ1n) is 9.27. The van der Waals surface area contributed by atoms with Crippen LogP contribution in [0, 0.1) is 6.92 Å². The number of nitrogens with one attached hydrogen (secondary N) is 1. The fraction of sp³-hybridized carbons (Fsp3) is 0.333. The molecule has 1 aromatic heterocycles. The summed E-state index contributed by atoms with van der Waals surface area (Å²) in [4.78, 5) is 18.8. The van der Waals surface area contributed by atoms with Crippen molar-refractivity contribution in [2.24, 2.45) is 0 Å². The van der Waals surface area contributed by atoms with Crippen LogP contribution >= 0.6 is 0 Å². The van der Waals surface area contributed by atoms with E-state index in [-0.39, 0.29) is 18.6 Å². The SMILES string of the molecule is Cc1ccc(OCC(=O)NCC2CCCN2c2nc3ccccc3o2)cc1. The molecule has 0 radical (unpaired) electrons. The molecule has 0 bridgehead atoms. The number of anilines is 1. The highest BCUT2D eigenvalue weighted by molar-refractivity contribution is 5.77. The van der Waals surface area contributed by atoms with Gasteiger partial charge in [0, 0.05) is 13.1 Å². The summed E-state index contributed by atoms with van der Waals surface area (Å²) in [7, 11) is 0. The molecule has 1 N–H and O–H groups in total. The van der Waals surface area contributed by atoms with Gasteiger partial charge in [-0.05, 0) is 44.0 Å². The number of amides is 1. The van der Waals surface area contributed by atoms with E-state index in [2.05, 4.69) is 15.2 Å². The maximum absolute atomic E-state index is 12.1. The zero-order valence-corrected chi connectivity index (χ0v) is 15.4. The van der Waals surface area contributed by atoms with E-state index in [1.54, 1.807) is 0 Å². The van der Waals surface area contributed by atoms with Crippen LogP contribution in [0.1, 0.15) is 18.4 Å². The van der Waals surface area contributed by atoms with Gasteiger partial charge in [-0.1, -0.05) is 29.8 Å². The van der Waals surface area contributed by atoms with Gasteiger partial charge in [0.1, 0.15) is 11.3 Å². The number of carbonyl (C=O) groups is 1. The van der Waals surface area contributed by atoms with Crippen LogP contribution < -0.4 is 15.0 Å². The number of benzene rings is 2. The van der Waals surface area contributed by atoms with E-state index in [4.69, 9.17) is 9.15 Å². The van der Waals surface area contributed by atoms with Crippen LogP contribution in [0.4, 0.5) is 6.01 Å². The summed E-state index contributed by atoms with van der Waals surface area (Å²) in [6, 6.07) is 16.2. The zero-order chi connectivity index (χ0) is 18.6. The molecular formula is C21H23N3O3. The van der Waals surface area contributed by atoms with Crippen LogP contribution in [0.15, 0.2) is 52.9 Å². The number of fused-ring (bicyclic) bond motifs is 1. The summed E-state index contributed by atoms with van der Waals surface area (Å²) >= 11 is 0. The van der Waals surface area contributed by atoms with Crippen LogP contribution in [0.2, 0.25) is 0 Å². The smallest absolute Gasteiger partial charge is 0.298 e. The summed E-state index contributed by atoms with van der Waals surface area (Å²) in [6.45, 7) is 3.46. The Kier molecular flexibility index (Phi) is 4.96. The topological polar surface area (TPSA) is 67.6 Å². The summed E-state index contributed by atoms with van der Waals surface area (Å²) in [5.74, 6) is 0.574. The average molecular weight is 365 g/mol. The molecule has 0 spiro atoms. The van der Waals surface area contributed by atoms with Crippen molar-refractivity contribution in [2.45, 2.75) is 25.8 Å². The van der Waals surface area contributed by atoms with Crippen molar-refractivity contribution in [1.82, 2.24) is 10.3 Å². The van der Waals surface area contributed by atoms with Crippen LogP contribution in [0.25, 0.3) is 11.1 Å². The molecular weight excluding hydrogens is 342 g/mol. The summed E-state index contributed by atoms with van der Waals surface area (Å²) in [5.41, 5.74) is 2.80. The lowest BCUT2D eigenvalue weighted by Crippen LogP contribution is -2.41. The molecule has 1 atom stereocenters. The van der Waals surface area contributed by atoms with Crippen molar-refractivity contribution in [1.29, 1.82) is 0 Å². The zero-order valence-electron chi connectivity index (χ0n) is 15.4. The number of aryl methyl sites for hydroxylation is 1. The van der Waals surface area contributed by atoms with Gasteiger partial charge < -0.3 is 19.4 Å². The highest BCUT2D eigenvalue weighted by atomic mass is 16.5. The van der Waals surface area contributed by atoms with Gasteiger partial charge in [0.15, 0.2) is 12.2 Å². The Morgan fingerprint density at radius 2 is 2.07 bits per heavy atom. The lowest BCUT2D eigenvalue weighted by Gasteiger charge is -2.23.